The van der Waals surface area contributed by atoms with Gasteiger partial charge in [0.1, 0.15) is 0 Å². The van der Waals surface area contributed by atoms with Crippen LogP contribution >= 0.6 is 23.1 Å². The van der Waals surface area contributed by atoms with Crippen molar-refractivity contribution in [3.05, 3.63) is 35.5 Å². The first kappa shape index (κ1) is 15.1. The Labute approximate surface area is 136 Å². The SMILES string of the molecule is CCNc1nnc(SCC(=O)c2c(C)[nH]c3ccccc23)s1. The van der Waals surface area contributed by atoms with E-state index in [1.165, 1.54) is 23.1 Å². The molecule has 3 aromatic rings. The lowest BCUT2D eigenvalue weighted by molar-refractivity contribution is 0.102. The Morgan fingerprint density at radius 1 is 1.36 bits per heavy atom. The van der Waals surface area contributed by atoms with Gasteiger partial charge in [0.15, 0.2) is 10.1 Å². The second-order valence-corrected chi connectivity index (χ2v) is 6.99. The van der Waals surface area contributed by atoms with Gasteiger partial charge in [-0.3, -0.25) is 4.79 Å². The lowest BCUT2D eigenvalue weighted by Crippen LogP contribution is -2.03. The topological polar surface area (TPSA) is 70.7 Å². The van der Waals surface area contributed by atoms with E-state index in [0.29, 0.717) is 5.75 Å². The summed E-state index contributed by atoms with van der Waals surface area (Å²) in [5, 5.41) is 13.0. The summed E-state index contributed by atoms with van der Waals surface area (Å²) in [6.07, 6.45) is 0. The number of anilines is 1. The normalized spacial score (nSPS) is 11.0. The second-order valence-electron chi connectivity index (χ2n) is 4.79. The van der Waals surface area contributed by atoms with Crippen LogP contribution in [0.15, 0.2) is 28.6 Å². The van der Waals surface area contributed by atoms with Crippen molar-refractivity contribution in [2.75, 3.05) is 17.6 Å². The number of Topliss-reactive ketones (excluding diaryl/α,β-unsaturated/α-hetero) is 1. The first-order valence-electron chi connectivity index (χ1n) is 6.99. The molecular formula is C15H16N4OS2. The zero-order chi connectivity index (χ0) is 15.5. The summed E-state index contributed by atoms with van der Waals surface area (Å²) in [4.78, 5) is 15.8. The summed E-state index contributed by atoms with van der Waals surface area (Å²) < 4.78 is 0.807. The minimum atomic E-state index is 0.111. The van der Waals surface area contributed by atoms with E-state index in [0.717, 1.165) is 38.2 Å². The van der Waals surface area contributed by atoms with Crippen molar-refractivity contribution in [2.24, 2.45) is 0 Å². The fourth-order valence-corrected chi connectivity index (χ4v) is 4.02. The van der Waals surface area contributed by atoms with E-state index in [-0.39, 0.29) is 5.78 Å². The van der Waals surface area contributed by atoms with Gasteiger partial charge in [-0.25, -0.2) is 0 Å². The fourth-order valence-electron chi connectivity index (χ4n) is 2.33. The molecule has 0 saturated heterocycles. The Bertz CT molecular complexity index is 809. The van der Waals surface area contributed by atoms with Crippen LogP contribution in [0.2, 0.25) is 0 Å². The van der Waals surface area contributed by atoms with Crippen molar-refractivity contribution in [2.45, 2.75) is 18.2 Å². The lowest BCUT2D eigenvalue weighted by Gasteiger charge is -1.99. The fraction of sp³-hybridized carbons (Fsp3) is 0.267. The number of carbonyl (C=O) groups is 1. The Balaban J connectivity index is 1.74. The van der Waals surface area contributed by atoms with Gasteiger partial charge in [0.2, 0.25) is 5.13 Å². The largest absolute Gasteiger partial charge is 0.360 e. The number of para-hydroxylation sites is 1. The molecule has 0 unspecified atom stereocenters. The highest BCUT2D eigenvalue weighted by Gasteiger charge is 2.16. The first-order chi connectivity index (χ1) is 10.7. The van der Waals surface area contributed by atoms with Gasteiger partial charge in [-0.05, 0) is 19.9 Å². The minimum Gasteiger partial charge on any atom is -0.360 e. The number of benzene rings is 1. The number of aryl methyl sites for hydroxylation is 1. The highest BCUT2D eigenvalue weighted by atomic mass is 32.2. The van der Waals surface area contributed by atoms with E-state index < -0.39 is 0 Å². The van der Waals surface area contributed by atoms with E-state index in [1.54, 1.807) is 0 Å². The van der Waals surface area contributed by atoms with Crippen LogP contribution in [0.1, 0.15) is 23.0 Å². The number of ketones is 1. The van der Waals surface area contributed by atoms with Crippen LogP contribution in [0.3, 0.4) is 0 Å². The summed E-state index contributed by atoms with van der Waals surface area (Å²) in [7, 11) is 0. The van der Waals surface area contributed by atoms with Gasteiger partial charge in [0.25, 0.3) is 0 Å². The van der Waals surface area contributed by atoms with Crippen LogP contribution in [0, 0.1) is 6.92 Å². The summed E-state index contributed by atoms with van der Waals surface area (Å²) in [6.45, 7) is 4.76. The van der Waals surface area contributed by atoms with Gasteiger partial charge in [0.05, 0.1) is 5.75 Å². The number of thioether (sulfide) groups is 1. The third-order valence-electron chi connectivity index (χ3n) is 3.23. The summed E-state index contributed by atoms with van der Waals surface area (Å²) in [6, 6.07) is 7.88. The van der Waals surface area contributed by atoms with Crippen molar-refractivity contribution >= 4 is 44.9 Å². The van der Waals surface area contributed by atoms with Gasteiger partial charge in [-0.15, -0.1) is 10.2 Å². The number of nitrogens with zero attached hydrogens (tertiary/aromatic N) is 2. The smallest absolute Gasteiger partial charge is 0.206 e. The zero-order valence-corrected chi connectivity index (χ0v) is 14.0. The second kappa shape index (κ2) is 6.50. The zero-order valence-electron chi connectivity index (χ0n) is 12.3. The van der Waals surface area contributed by atoms with Crippen LogP contribution in [-0.2, 0) is 0 Å². The number of aromatic nitrogens is 3. The van der Waals surface area contributed by atoms with Gasteiger partial charge in [0, 0.05) is 28.7 Å². The maximum absolute atomic E-state index is 12.5. The summed E-state index contributed by atoms with van der Waals surface area (Å²) in [5.74, 6) is 0.476. The Morgan fingerprint density at radius 2 is 2.18 bits per heavy atom. The standard InChI is InChI=1S/C15H16N4OS2/c1-3-16-14-18-19-15(22-14)21-8-12(20)13-9(2)17-11-7-5-4-6-10(11)13/h4-7,17H,3,8H2,1-2H3,(H,16,18). The molecule has 114 valence electrons. The Morgan fingerprint density at radius 3 is 3.00 bits per heavy atom. The molecule has 0 saturated carbocycles. The lowest BCUT2D eigenvalue weighted by atomic mass is 10.1. The molecule has 0 spiro atoms. The molecule has 0 aliphatic heterocycles. The number of rotatable bonds is 6. The molecule has 0 aliphatic rings. The van der Waals surface area contributed by atoms with E-state index in [4.69, 9.17) is 0 Å². The van der Waals surface area contributed by atoms with Crippen molar-refractivity contribution in [3.63, 3.8) is 0 Å². The van der Waals surface area contributed by atoms with Crippen LogP contribution in [-0.4, -0.2) is 33.3 Å². The molecule has 0 fully saturated rings. The number of hydrogen-bond acceptors (Lipinski definition) is 6. The molecule has 0 amide bonds. The van der Waals surface area contributed by atoms with E-state index in [1.807, 2.05) is 38.1 Å². The van der Waals surface area contributed by atoms with Gasteiger partial charge in [-0.1, -0.05) is 41.3 Å². The van der Waals surface area contributed by atoms with E-state index in [9.17, 15) is 4.79 Å². The molecule has 3 rings (SSSR count). The van der Waals surface area contributed by atoms with Crippen molar-refractivity contribution in [3.8, 4) is 0 Å². The Hall–Kier alpha value is -1.86. The predicted octanol–water partition coefficient (Wildman–Crippen LogP) is 3.73. The predicted molar refractivity (Wildman–Crippen MR) is 92.2 cm³/mol. The van der Waals surface area contributed by atoms with Gasteiger partial charge >= 0.3 is 0 Å². The average Bonchev–Trinajstić information content (AvgIpc) is 3.08. The maximum atomic E-state index is 12.5. The Kier molecular flexibility index (Phi) is 4.44. The van der Waals surface area contributed by atoms with Crippen molar-refractivity contribution in [1.82, 2.24) is 15.2 Å². The highest BCUT2D eigenvalue weighted by Crippen LogP contribution is 2.28. The first-order valence-corrected chi connectivity index (χ1v) is 8.80. The molecule has 22 heavy (non-hydrogen) atoms. The van der Waals surface area contributed by atoms with E-state index >= 15 is 0 Å². The monoisotopic (exact) mass is 332 g/mol. The number of carbonyl (C=O) groups excluding carboxylic acids is 1. The van der Waals surface area contributed by atoms with Crippen molar-refractivity contribution in [1.29, 1.82) is 0 Å². The van der Waals surface area contributed by atoms with Gasteiger partial charge < -0.3 is 10.3 Å². The quantitative estimate of drug-likeness (QED) is 0.531. The van der Waals surface area contributed by atoms with Crippen LogP contribution in [0.5, 0.6) is 0 Å². The van der Waals surface area contributed by atoms with Crippen LogP contribution in [0.25, 0.3) is 10.9 Å². The molecular weight excluding hydrogens is 316 g/mol. The maximum Gasteiger partial charge on any atom is 0.206 e. The molecule has 0 atom stereocenters. The third kappa shape index (κ3) is 3.00. The van der Waals surface area contributed by atoms with Gasteiger partial charge in [-0.2, -0.15) is 0 Å². The van der Waals surface area contributed by atoms with E-state index in [2.05, 4.69) is 20.5 Å². The van der Waals surface area contributed by atoms with Crippen LogP contribution < -0.4 is 5.32 Å². The molecule has 2 heterocycles. The number of fused-ring (bicyclic) bond motifs is 1. The molecule has 7 heteroatoms. The number of H-pyrrole nitrogens is 1. The molecule has 2 N–H and O–H groups in total. The number of hydrogen-bond donors (Lipinski definition) is 2. The molecule has 0 aliphatic carbocycles. The molecule has 5 nitrogen and oxygen atoms in total. The van der Waals surface area contributed by atoms with Crippen LogP contribution in [0.4, 0.5) is 5.13 Å². The summed E-state index contributed by atoms with van der Waals surface area (Å²) >= 11 is 2.91. The van der Waals surface area contributed by atoms with Crippen molar-refractivity contribution < 1.29 is 4.79 Å². The molecule has 1 aromatic carbocycles. The summed E-state index contributed by atoms with van der Waals surface area (Å²) in [5.41, 5.74) is 2.69. The number of nitrogens with one attached hydrogen (secondary N) is 2. The molecule has 0 bridgehead atoms. The number of aromatic amines is 1. The average molecular weight is 332 g/mol. The highest BCUT2D eigenvalue weighted by molar-refractivity contribution is 8.01. The molecule has 0 radical (unpaired) electrons. The third-order valence-corrected chi connectivity index (χ3v) is 5.25. The minimum absolute atomic E-state index is 0.111. The molecule has 2 aromatic heterocycles.